The molecule has 0 atom stereocenters. The van der Waals surface area contributed by atoms with Crippen LogP contribution in [-0.2, 0) is 22.9 Å². The predicted octanol–water partition coefficient (Wildman–Crippen LogP) is 3.13. The second-order valence-electron chi connectivity index (χ2n) is 8.81. The first-order valence-electron chi connectivity index (χ1n) is 11.3. The highest BCUT2D eigenvalue weighted by Crippen LogP contribution is 2.26. The monoisotopic (exact) mass is 466 g/mol. The van der Waals surface area contributed by atoms with Crippen molar-refractivity contribution in [2.24, 2.45) is 0 Å². The zero-order chi connectivity index (χ0) is 23.2. The third-order valence-electron chi connectivity index (χ3n) is 6.58. The molecule has 0 bridgehead atoms. The van der Waals surface area contributed by atoms with E-state index in [2.05, 4.69) is 0 Å². The lowest BCUT2D eigenvalue weighted by Gasteiger charge is -2.33. The molecule has 7 nitrogen and oxygen atoms in total. The summed E-state index contributed by atoms with van der Waals surface area (Å²) in [5, 5.41) is 0.438. The predicted molar refractivity (Wildman–Crippen MR) is 125 cm³/mol. The topological polar surface area (TPSA) is 87.9 Å². The van der Waals surface area contributed by atoms with Crippen LogP contribution in [0.2, 0.25) is 0 Å². The van der Waals surface area contributed by atoms with Crippen molar-refractivity contribution < 1.29 is 17.6 Å². The number of carbonyl (C=O) groups excluding carboxylic acids is 1. The summed E-state index contributed by atoms with van der Waals surface area (Å²) in [7, 11) is -3.63. The number of sulfonamides is 1. The van der Waals surface area contributed by atoms with E-state index in [9.17, 15) is 18.0 Å². The average Bonchev–Trinajstić information content (AvgIpc) is 2.83. The molecule has 2 heterocycles. The number of aryl methyl sites for hydroxylation is 3. The van der Waals surface area contributed by atoms with E-state index in [4.69, 9.17) is 4.42 Å². The van der Waals surface area contributed by atoms with Crippen molar-refractivity contribution in [3.05, 3.63) is 75.1 Å². The van der Waals surface area contributed by atoms with Gasteiger partial charge in [0.25, 0.3) is 5.91 Å². The number of hydrogen-bond donors (Lipinski definition) is 0. The van der Waals surface area contributed by atoms with Crippen LogP contribution < -0.4 is 5.43 Å². The summed E-state index contributed by atoms with van der Waals surface area (Å²) in [5.41, 5.74) is 3.40. The molecule has 0 unspecified atom stereocenters. The van der Waals surface area contributed by atoms with Gasteiger partial charge in [-0.05, 0) is 68.0 Å². The van der Waals surface area contributed by atoms with Crippen LogP contribution in [0.5, 0.6) is 0 Å². The Labute approximate surface area is 192 Å². The molecule has 2 aliphatic rings. The van der Waals surface area contributed by atoms with E-state index in [0.717, 1.165) is 36.8 Å². The number of piperazine rings is 1. The Balaban J connectivity index is 1.31. The summed E-state index contributed by atoms with van der Waals surface area (Å²) >= 11 is 0. The molecule has 0 radical (unpaired) electrons. The molecule has 1 aliphatic carbocycles. The van der Waals surface area contributed by atoms with Gasteiger partial charge in [0.2, 0.25) is 10.0 Å². The van der Waals surface area contributed by atoms with Gasteiger partial charge in [-0.1, -0.05) is 17.7 Å². The SMILES string of the molecule is Cc1ccc2oc(C(=O)N3CCN(S(=O)(=O)c4ccc5c(c4)CCCC5)CC3)cc(=O)c2c1. The molecule has 1 amide bonds. The zero-order valence-electron chi connectivity index (χ0n) is 18.5. The molecule has 8 heteroatoms. The number of fused-ring (bicyclic) bond motifs is 2. The molecule has 3 aromatic rings. The van der Waals surface area contributed by atoms with Crippen LogP contribution in [0, 0.1) is 6.92 Å². The van der Waals surface area contributed by atoms with Gasteiger partial charge in [0.15, 0.2) is 11.2 Å². The lowest BCUT2D eigenvalue weighted by atomic mass is 9.92. The number of amides is 1. The highest BCUT2D eigenvalue weighted by Gasteiger charge is 2.32. The van der Waals surface area contributed by atoms with Crippen LogP contribution in [0.25, 0.3) is 11.0 Å². The molecule has 172 valence electrons. The van der Waals surface area contributed by atoms with E-state index < -0.39 is 15.9 Å². The smallest absolute Gasteiger partial charge is 0.289 e. The maximum atomic E-state index is 13.2. The maximum absolute atomic E-state index is 13.2. The fourth-order valence-electron chi connectivity index (χ4n) is 4.68. The molecule has 2 aromatic carbocycles. The van der Waals surface area contributed by atoms with E-state index in [1.807, 2.05) is 25.1 Å². The summed E-state index contributed by atoms with van der Waals surface area (Å²) in [6, 6.07) is 11.9. The highest BCUT2D eigenvalue weighted by molar-refractivity contribution is 7.89. The summed E-state index contributed by atoms with van der Waals surface area (Å²) in [6.07, 6.45) is 4.15. The molecule has 0 saturated carbocycles. The summed E-state index contributed by atoms with van der Waals surface area (Å²) in [5.74, 6) is -0.428. The minimum absolute atomic E-state index is 0.0256. The summed E-state index contributed by atoms with van der Waals surface area (Å²) in [6.45, 7) is 2.75. The Morgan fingerprint density at radius 2 is 1.64 bits per heavy atom. The number of rotatable bonds is 3. The van der Waals surface area contributed by atoms with Crippen molar-refractivity contribution in [1.29, 1.82) is 0 Å². The van der Waals surface area contributed by atoms with E-state index in [1.54, 1.807) is 18.2 Å². The van der Waals surface area contributed by atoms with Crippen LogP contribution in [0.15, 0.2) is 56.6 Å². The Bertz CT molecular complexity index is 1400. The first kappa shape index (κ1) is 21.9. The van der Waals surface area contributed by atoms with Gasteiger partial charge in [-0.2, -0.15) is 4.31 Å². The van der Waals surface area contributed by atoms with Gasteiger partial charge >= 0.3 is 0 Å². The number of nitrogens with zero attached hydrogens (tertiary/aromatic N) is 2. The van der Waals surface area contributed by atoms with E-state index in [-0.39, 0.29) is 37.4 Å². The zero-order valence-corrected chi connectivity index (χ0v) is 19.4. The molecule has 1 saturated heterocycles. The fourth-order valence-corrected chi connectivity index (χ4v) is 6.16. The largest absolute Gasteiger partial charge is 0.451 e. The minimum Gasteiger partial charge on any atom is -0.451 e. The minimum atomic E-state index is -3.63. The van der Waals surface area contributed by atoms with Crippen LogP contribution >= 0.6 is 0 Å². The molecular weight excluding hydrogens is 440 g/mol. The van der Waals surface area contributed by atoms with Crippen LogP contribution in [0.4, 0.5) is 0 Å². The van der Waals surface area contributed by atoms with Gasteiger partial charge < -0.3 is 9.32 Å². The number of carbonyl (C=O) groups is 1. The van der Waals surface area contributed by atoms with Crippen molar-refractivity contribution in [3.63, 3.8) is 0 Å². The van der Waals surface area contributed by atoms with Crippen molar-refractivity contribution in [3.8, 4) is 0 Å². The van der Waals surface area contributed by atoms with E-state index >= 15 is 0 Å². The van der Waals surface area contributed by atoms with Crippen molar-refractivity contribution in [2.75, 3.05) is 26.2 Å². The van der Waals surface area contributed by atoms with Gasteiger partial charge in [0.05, 0.1) is 10.3 Å². The molecule has 0 spiro atoms. The van der Waals surface area contributed by atoms with Gasteiger partial charge in [0.1, 0.15) is 5.58 Å². The first-order chi connectivity index (χ1) is 15.8. The average molecular weight is 467 g/mol. The lowest BCUT2D eigenvalue weighted by molar-refractivity contribution is 0.0666. The molecule has 1 aromatic heterocycles. The van der Waals surface area contributed by atoms with Crippen molar-refractivity contribution >= 4 is 26.9 Å². The quantitative estimate of drug-likeness (QED) is 0.592. The molecule has 1 fully saturated rings. The first-order valence-corrected chi connectivity index (χ1v) is 12.7. The number of benzene rings is 2. The molecule has 5 rings (SSSR count). The Morgan fingerprint density at radius 1 is 0.909 bits per heavy atom. The highest BCUT2D eigenvalue weighted by atomic mass is 32.2. The third kappa shape index (κ3) is 4.09. The van der Waals surface area contributed by atoms with Gasteiger partial charge in [-0.3, -0.25) is 9.59 Å². The van der Waals surface area contributed by atoms with E-state index in [1.165, 1.54) is 20.8 Å². The third-order valence-corrected chi connectivity index (χ3v) is 8.47. The summed E-state index contributed by atoms with van der Waals surface area (Å²) < 4.78 is 33.5. The van der Waals surface area contributed by atoms with Gasteiger partial charge in [0, 0.05) is 32.2 Å². The molecule has 0 N–H and O–H groups in total. The van der Waals surface area contributed by atoms with Crippen molar-refractivity contribution in [1.82, 2.24) is 9.21 Å². The Kier molecular flexibility index (Phi) is 5.58. The number of hydrogen-bond acceptors (Lipinski definition) is 5. The Morgan fingerprint density at radius 3 is 2.39 bits per heavy atom. The van der Waals surface area contributed by atoms with Crippen LogP contribution in [-0.4, -0.2) is 49.7 Å². The lowest BCUT2D eigenvalue weighted by Crippen LogP contribution is -2.50. The summed E-state index contributed by atoms with van der Waals surface area (Å²) in [4.78, 5) is 27.3. The standard InChI is InChI=1S/C25H26N2O5S/c1-17-6-9-23-21(14-17)22(28)16-24(32-23)25(29)26-10-12-27(13-11-26)33(30,31)20-8-7-18-4-2-3-5-19(18)15-20/h6-9,14-16H,2-5,10-13H2,1H3. The molecular formula is C25H26N2O5S. The second kappa shape index (κ2) is 8.43. The normalized spacial score (nSPS) is 17.2. The van der Waals surface area contributed by atoms with E-state index in [0.29, 0.717) is 15.9 Å². The fraction of sp³-hybridized carbons (Fsp3) is 0.360. The van der Waals surface area contributed by atoms with Crippen LogP contribution in [0.1, 0.15) is 40.1 Å². The van der Waals surface area contributed by atoms with Gasteiger partial charge in [-0.25, -0.2) is 8.42 Å². The van der Waals surface area contributed by atoms with Crippen LogP contribution in [0.3, 0.4) is 0 Å². The molecule has 1 aliphatic heterocycles. The molecule has 33 heavy (non-hydrogen) atoms. The Hall–Kier alpha value is -2.97. The van der Waals surface area contributed by atoms with Gasteiger partial charge in [-0.15, -0.1) is 0 Å². The van der Waals surface area contributed by atoms with Crippen molar-refractivity contribution in [2.45, 2.75) is 37.5 Å². The maximum Gasteiger partial charge on any atom is 0.289 e. The second-order valence-corrected chi connectivity index (χ2v) is 10.7.